The minimum absolute atomic E-state index is 0.00721. The molecule has 3 rings (SSSR count). The van der Waals surface area contributed by atoms with E-state index < -0.39 is 0 Å². The summed E-state index contributed by atoms with van der Waals surface area (Å²) in [5, 5.41) is 0. The van der Waals surface area contributed by atoms with E-state index in [1.54, 1.807) is 4.90 Å². The first-order chi connectivity index (χ1) is 11.6. The topological polar surface area (TPSA) is 37.4 Å². The zero-order chi connectivity index (χ0) is 16.9. The molecule has 1 heterocycles. The van der Waals surface area contributed by atoms with Gasteiger partial charge in [-0.1, -0.05) is 30.3 Å². The zero-order valence-corrected chi connectivity index (χ0v) is 13.5. The Kier molecular flexibility index (Phi) is 5.04. The van der Waals surface area contributed by atoms with Gasteiger partial charge in [0.2, 0.25) is 5.91 Å². The summed E-state index contributed by atoms with van der Waals surface area (Å²) in [6.45, 7) is 1.14. The van der Waals surface area contributed by atoms with Gasteiger partial charge in [0, 0.05) is 24.6 Å². The van der Waals surface area contributed by atoms with Crippen LogP contribution in [0.4, 0.5) is 4.39 Å². The van der Waals surface area contributed by atoms with Crippen molar-refractivity contribution in [3.63, 3.8) is 0 Å². The van der Waals surface area contributed by atoms with E-state index >= 15 is 0 Å². The lowest BCUT2D eigenvalue weighted by molar-refractivity contribution is -0.131. The number of halogens is 1. The Labute approximate surface area is 141 Å². The van der Waals surface area contributed by atoms with Gasteiger partial charge in [-0.15, -0.1) is 0 Å². The number of hydrogen-bond acceptors (Lipinski definition) is 2. The van der Waals surface area contributed by atoms with Gasteiger partial charge in [-0.25, -0.2) is 4.39 Å². The molecule has 0 radical (unpaired) electrons. The van der Waals surface area contributed by atoms with Gasteiger partial charge in [0.15, 0.2) is 5.78 Å². The van der Waals surface area contributed by atoms with Crippen molar-refractivity contribution in [1.29, 1.82) is 0 Å². The molecule has 2 aromatic rings. The van der Waals surface area contributed by atoms with Crippen molar-refractivity contribution in [3.8, 4) is 0 Å². The monoisotopic (exact) mass is 325 g/mol. The van der Waals surface area contributed by atoms with E-state index in [2.05, 4.69) is 0 Å². The number of benzene rings is 2. The molecule has 1 saturated heterocycles. The quantitative estimate of drug-likeness (QED) is 0.807. The average Bonchev–Trinajstić information content (AvgIpc) is 2.63. The number of Topliss-reactive ketones (excluding diaryl/α,β-unsaturated/α-hetero) is 1. The predicted molar refractivity (Wildman–Crippen MR) is 90.2 cm³/mol. The number of nitrogens with zero attached hydrogens (tertiary/aromatic N) is 1. The van der Waals surface area contributed by atoms with Crippen molar-refractivity contribution in [3.05, 3.63) is 71.5 Å². The summed E-state index contributed by atoms with van der Waals surface area (Å²) in [5.74, 6) is -0.510. The molecule has 24 heavy (non-hydrogen) atoms. The van der Waals surface area contributed by atoms with Crippen molar-refractivity contribution in [1.82, 2.24) is 4.90 Å². The SMILES string of the molecule is O=C(c1ccc(F)cc1)C1CCCN(C(=O)Cc2ccccc2)C1. The summed E-state index contributed by atoms with van der Waals surface area (Å²) in [6.07, 6.45) is 1.95. The van der Waals surface area contributed by atoms with Crippen LogP contribution in [-0.2, 0) is 11.2 Å². The molecule has 1 amide bonds. The van der Waals surface area contributed by atoms with E-state index in [9.17, 15) is 14.0 Å². The molecule has 0 spiro atoms. The smallest absolute Gasteiger partial charge is 0.227 e. The number of amides is 1. The highest BCUT2D eigenvalue weighted by Crippen LogP contribution is 2.22. The second kappa shape index (κ2) is 7.39. The molecule has 0 saturated carbocycles. The van der Waals surface area contributed by atoms with Crippen LogP contribution in [0.3, 0.4) is 0 Å². The number of carbonyl (C=O) groups excluding carboxylic acids is 2. The Bertz CT molecular complexity index is 712. The van der Waals surface area contributed by atoms with Gasteiger partial charge in [-0.3, -0.25) is 9.59 Å². The first kappa shape index (κ1) is 16.4. The molecule has 0 aromatic heterocycles. The number of likely N-dealkylation sites (tertiary alicyclic amines) is 1. The fraction of sp³-hybridized carbons (Fsp3) is 0.300. The Morgan fingerprint density at radius 2 is 1.75 bits per heavy atom. The molecule has 1 aliphatic rings. The summed E-state index contributed by atoms with van der Waals surface area (Å²) in [6, 6.07) is 15.3. The highest BCUT2D eigenvalue weighted by Gasteiger charge is 2.28. The third-order valence-corrected chi connectivity index (χ3v) is 4.47. The van der Waals surface area contributed by atoms with Crippen LogP contribution in [0.15, 0.2) is 54.6 Å². The lowest BCUT2D eigenvalue weighted by atomic mass is 9.89. The third kappa shape index (κ3) is 3.88. The number of piperidine rings is 1. The second-order valence-corrected chi connectivity index (χ2v) is 6.21. The molecular formula is C20H20FNO2. The molecule has 1 aliphatic heterocycles. The molecule has 1 atom stereocenters. The minimum atomic E-state index is -0.352. The molecule has 1 fully saturated rings. The van der Waals surface area contributed by atoms with Crippen molar-refractivity contribution < 1.29 is 14.0 Å². The second-order valence-electron chi connectivity index (χ2n) is 6.21. The summed E-state index contributed by atoms with van der Waals surface area (Å²) in [7, 11) is 0. The highest BCUT2D eigenvalue weighted by atomic mass is 19.1. The maximum Gasteiger partial charge on any atom is 0.227 e. The van der Waals surface area contributed by atoms with Crippen LogP contribution >= 0.6 is 0 Å². The fourth-order valence-electron chi connectivity index (χ4n) is 3.15. The highest BCUT2D eigenvalue weighted by molar-refractivity contribution is 5.98. The zero-order valence-electron chi connectivity index (χ0n) is 13.5. The predicted octanol–water partition coefficient (Wildman–Crippen LogP) is 3.49. The van der Waals surface area contributed by atoms with Crippen molar-refractivity contribution >= 4 is 11.7 Å². The minimum Gasteiger partial charge on any atom is -0.342 e. The Morgan fingerprint density at radius 3 is 2.46 bits per heavy atom. The standard InChI is InChI=1S/C20H20FNO2/c21-18-10-8-16(9-11-18)20(24)17-7-4-12-22(14-17)19(23)13-15-5-2-1-3-6-15/h1-3,5-6,8-11,17H,4,7,12-14H2. The molecule has 124 valence electrons. The Hall–Kier alpha value is -2.49. The normalized spacial score (nSPS) is 17.5. The van der Waals surface area contributed by atoms with E-state index in [1.165, 1.54) is 24.3 Å². The summed E-state index contributed by atoms with van der Waals surface area (Å²) >= 11 is 0. The van der Waals surface area contributed by atoms with Crippen LogP contribution in [0, 0.1) is 11.7 Å². The van der Waals surface area contributed by atoms with Gasteiger partial charge in [-0.05, 0) is 42.7 Å². The first-order valence-electron chi connectivity index (χ1n) is 8.25. The van der Waals surface area contributed by atoms with Crippen molar-refractivity contribution in [2.45, 2.75) is 19.3 Å². The van der Waals surface area contributed by atoms with Gasteiger partial charge >= 0.3 is 0 Å². The van der Waals surface area contributed by atoms with E-state index in [0.717, 1.165) is 18.4 Å². The number of ketones is 1. The van der Waals surface area contributed by atoms with E-state index in [1.807, 2.05) is 30.3 Å². The Morgan fingerprint density at radius 1 is 1.04 bits per heavy atom. The molecule has 0 bridgehead atoms. The van der Waals surface area contributed by atoms with Crippen LogP contribution in [0.2, 0.25) is 0 Å². The summed E-state index contributed by atoms with van der Waals surface area (Å²) < 4.78 is 13.0. The van der Waals surface area contributed by atoms with Crippen molar-refractivity contribution in [2.24, 2.45) is 5.92 Å². The molecule has 1 unspecified atom stereocenters. The van der Waals surface area contributed by atoms with Crippen LogP contribution < -0.4 is 0 Å². The number of carbonyl (C=O) groups is 2. The maximum absolute atomic E-state index is 13.0. The maximum atomic E-state index is 13.0. The van der Waals surface area contributed by atoms with E-state index in [0.29, 0.717) is 25.1 Å². The number of hydrogen-bond donors (Lipinski definition) is 0. The van der Waals surface area contributed by atoms with Gasteiger partial charge in [0.1, 0.15) is 5.82 Å². The molecule has 3 nitrogen and oxygen atoms in total. The van der Waals surface area contributed by atoms with Crippen LogP contribution in [-0.4, -0.2) is 29.7 Å². The third-order valence-electron chi connectivity index (χ3n) is 4.47. The van der Waals surface area contributed by atoms with Crippen LogP contribution in [0.1, 0.15) is 28.8 Å². The largest absolute Gasteiger partial charge is 0.342 e. The number of rotatable bonds is 4. The lowest BCUT2D eigenvalue weighted by Crippen LogP contribution is -2.43. The lowest BCUT2D eigenvalue weighted by Gasteiger charge is -2.32. The molecule has 0 N–H and O–H groups in total. The van der Waals surface area contributed by atoms with Crippen LogP contribution in [0.5, 0.6) is 0 Å². The van der Waals surface area contributed by atoms with Crippen molar-refractivity contribution in [2.75, 3.05) is 13.1 Å². The average molecular weight is 325 g/mol. The van der Waals surface area contributed by atoms with Gasteiger partial charge in [-0.2, -0.15) is 0 Å². The van der Waals surface area contributed by atoms with Gasteiger partial charge < -0.3 is 4.90 Å². The van der Waals surface area contributed by atoms with Gasteiger partial charge in [0.05, 0.1) is 6.42 Å². The van der Waals surface area contributed by atoms with Gasteiger partial charge in [0.25, 0.3) is 0 Å². The summed E-state index contributed by atoms with van der Waals surface area (Å²) in [5.41, 5.74) is 1.49. The van der Waals surface area contributed by atoms with Crippen LogP contribution in [0.25, 0.3) is 0 Å². The first-order valence-corrected chi connectivity index (χ1v) is 8.25. The fourth-order valence-corrected chi connectivity index (χ4v) is 3.15. The molecular weight excluding hydrogens is 305 g/mol. The Balaban J connectivity index is 1.64. The molecule has 2 aromatic carbocycles. The molecule has 4 heteroatoms. The van der Waals surface area contributed by atoms with E-state index in [-0.39, 0.29) is 23.4 Å². The molecule has 0 aliphatic carbocycles. The summed E-state index contributed by atoms with van der Waals surface area (Å²) in [4.78, 5) is 26.8. The van der Waals surface area contributed by atoms with E-state index in [4.69, 9.17) is 0 Å².